The summed E-state index contributed by atoms with van der Waals surface area (Å²) < 4.78 is 16.5. The average Bonchev–Trinajstić information content (AvgIpc) is 2.91. The summed E-state index contributed by atoms with van der Waals surface area (Å²) in [7, 11) is 4.88. The molecule has 0 saturated carbocycles. The Hall–Kier alpha value is -2.36. The number of amides is 2. The average molecular weight is 566 g/mol. The van der Waals surface area contributed by atoms with Crippen LogP contribution >= 0.6 is 0 Å². The largest absolute Gasteiger partial charge is 0.493 e. The topological polar surface area (TPSA) is 132 Å². The van der Waals surface area contributed by atoms with Gasteiger partial charge in [0, 0.05) is 45.7 Å². The molecule has 0 aliphatic heterocycles. The SMILES string of the molecule is CNC(=O)C(C)(C)CNC(=O)[C@@H](C[C@H](O)[C@@H](N)C[C@H](Cc1ccc(OC)c(OCCCOC)c1)C(C)C)C(C)C. The Morgan fingerprint density at radius 1 is 1.02 bits per heavy atom. The van der Waals surface area contributed by atoms with Crippen molar-refractivity contribution in [3.05, 3.63) is 23.8 Å². The summed E-state index contributed by atoms with van der Waals surface area (Å²) in [4.78, 5) is 25.1. The number of nitrogens with two attached hydrogens (primary N) is 1. The Morgan fingerprint density at radius 3 is 2.25 bits per heavy atom. The molecule has 0 heterocycles. The van der Waals surface area contributed by atoms with Gasteiger partial charge < -0.3 is 35.7 Å². The van der Waals surface area contributed by atoms with Gasteiger partial charge in [0.1, 0.15) is 0 Å². The van der Waals surface area contributed by atoms with E-state index in [1.807, 2.05) is 32.0 Å². The van der Waals surface area contributed by atoms with Crippen LogP contribution in [0.4, 0.5) is 0 Å². The molecule has 0 unspecified atom stereocenters. The molecule has 1 aromatic rings. The van der Waals surface area contributed by atoms with E-state index >= 15 is 0 Å². The van der Waals surface area contributed by atoms with E-state index in [2.05, 4.69) is 24.5 Å². The van der Waals surface area contributed by atoms with E-state index in [0.717, 1.165) is 18.4 Å². The number of hydrogen-bond donors (Lipinski definition) is 4. The Balaban J connectivity index is 2.87. The molecule has 0 fully saturated rings. The lowest BCUT2D eigenvalue weighted by molar-refractivity contribution is -0.131. The molecule has 1 aromatic carbocycles. The van der Waals surface area contributed by atoms with E-state index in [0.29, 0.717) is 37.1 Å². The summed E-state index contributed by atoms with van der Waals surface area (Å²) in [5.41, 5.74) is 6.92. The highest BCUT2D eigenvalue weighted by Crippen LogP contribution is 2.32. The molecule has 4 atom stereocenters. The highest BCUT2D eigenvalue weighted by molar-refractivity contribution is 5.83. The monoisotopic (exact) mass is 565 g/mol. The molecule has 2 amide bonds. The smallest absolute Gasteiger partial charge is 0.227 e. The molecule has 0 bridgehead atoms. The van der Waals surface area contributed by atoms with Crippen LogP contribution in [0.3, 0.4) is 0 Å². The first-order valence-electron chi connectivity index (χ1n) is 14.5. The van der Waals surface area contributed by atoms with Gasteiger partial charge >= 0.3 is 0 Å². The van der Waals surface area contributed by atoms with Crippen LogP contribution in [0.2, 0.25) is 0 Å². The molecule has 0 aliphatic rings. The highest BCUT2D eigenvalue weighted by atomic mass is 16.5. The van der Waals surface area contributed by atoms with Gasteiger partial charge in [0.05, 0.1) is 25.2 Å². The van der Waals surface area contributed by atoms with E-state index in [-0.39, 0.29) is 36.6 Å². The van der Waals surface area contributed by atoms with Crippen molar-refractivity contribution in [3.8, 4) is 11.5 Å². The van der Waals surface area contributed by atoms with Gasteiger partial charge in [-0.1, -0.05) is 33.8 Å². The van der Waals surface area contributed by atoms with Crippen molar-refractivity contribution in [1.29, 1.82) is 0 Å². The second-order valence-corrected chi connectivity index (χ2v) is 12.1. The zero-order chi connectivity index (χ0) is 30.5. The van der Waals surface area contributed by atoms with E-state index in [1.54, 1.807) is 35.1 Å². The summed E-state index contributed by atoms with van der Waals surface area (Å²) >= 11 is 0. The van der Waals surface area contributed by atoms with Crippen LogP contribution in [-0.4, -0.2) is 70.1 Å². The molecule has 40 heavy (non-hydrogen) atoms. The molecule has 0 radical (unpaired) electrons. The number of benzene rings is 1. The first-order chi connectivity index (χ1) is 18.8. The Bertz CT molecular complexity index is 905. The fourth-order valence-corrected chi connectivity index (χ4v) is 4.72. The van der Waals surface area contributed by atoms with Gasteiger partial charge in [0.15, 0.2) is 11.5 Å². The molecule has 9 nitrogen and oxygen atoms in total. The summed E-state index contributed by atoms with van der Waals surface area (Å²) in [6.45, 7) is 13.2. The first kappa shape index (κ1) is 35.7. The van der Waals surface area contributed by atoms with Crippen LogP contribution in [0.5, 0.6) is 11.5 Å². The van der Waals surface area contributed by atoms with E-state index in [4.69, 9.17) is 19.9 Å². The maximum absolute atomic E-state index is 13.0. The van der Waals surface area contributed by atoms with Crippen LogP contribution in [-0.2, 0) is 20.7 Å². The van der Waals surface area contributed by atoms with E-state index in [1.165, 1.54) is 0 Å². The standard InChI is InChI=1S/C31H55N3O6/c1-20(2)23(15-22-11-12-27(39-9)28(16-22)40-14-10-13-38-8)17-25(32)26(35)18-24(21(3)4)29(36)34-19-31(5,6)30(37)33-7/h11-12,16,20-21,23-26,35H,10,13-15,17-19,32H2,1-9H3,(H,33,37)(H,34,36)/t23-,24-,25-,26-/m0/s1. The van der Waals surface area contributed by atoms with Gasteiger partial charge in [-0.3, -0.25) is 9.59 Å². The molecule has 0 aliphatic carbocycles. The molecule has 9 heteroatoms. The second-order valence-electron chi connectivity index (χ2n) is 12.1. The summed E-state index contributed by atoms with van der Waals surface area (Å²) in [6.07, 6.45) is 1.61. The van der Waals surface area contributed by atoms with Crippen molar-refractivity contribution in [2.75, 3.05) is 41.0 Å². The third-order valence-electron chi connectivity index (χ3n) is 7.67. The zero-order valence-electron chi connectivity index (χ0n) is 26.2. The summed E-state index contributed by atoms with van der Waals surface area (Å²) in [5.74, 6) is 1.22. The molecule has 230 valence electrons. The third kappa shape index (κ3) is 11.6. The molecule has 0 spiro atoms. The highest BCUT2D eigenvalue weighted by Gasteiger charge is 2.32. The van der Waals surface area contributed by atoms with E-state index < -0.39 is 23.5 Å². The van der Waals surface area contributed by atoms with Gasteiger partial charge in [-0.25, -0.2) is 0 Å². The number of aliphatic hydroxyl groups excluding tert-OH is 1. The van der Waals surface area contributed by atoms with Crippen molar-refractivity contribution in [2.45, 2.75) is 79.4 Å². The van der Waals surface area contributed by atoms with Crippen LogP contribution < -0.4 is 25.8 Å². The number of aliphatic hydroxyl groups is 1. The first-order valence-corrected chi connectivity index (χ1v) is 14.5. The maximum Gasteiger partial charge on any atom is 0.227 e. The molecule has 0 aromatic heterocycles. The minimum absolute atomic E-state index is 0.00692. The molecule has 1 rings (SSSR count). The van der Waals surface area contributed by atoms with Crippen molar-refractivity contribution < 1.29 is 28.9 Å². The fraction of sp³-hybridized carbons (Fsp3) is 0.742. The zero-order valence-corrected chi connectivity index (χ0v) is 26.2. The summed E-state index contributed by atoms with van der Waals surface area (Å²) in [6, 6.07) is 5.50. The van der Waals surface area contributed by atoms with Gasteiger partial charge in [-0.05, 0) is 68.6 Å². The number of hydrogen-bond acceptors (Lipinski definition) is 7. The van der Waals surface area contributed by atoms with Crippen molar-refractivity contribution >= 4 is 11.8 Å². The molecule has 0 saturated heterocycles. The predicted octanol–water partition coefficient (Wildman–Crippen LogP) is 3.55. The Kier molecular flexibility index (Phi) is 15.6. The molecule has 5 N–H and O–H groups in total. The minimum Gasteiger partial charge on any atom is -0.493 e. The van der Waals surface area contributed by atoms with Crippen LogP contribution in [0, 0.1) is 29.1 Å². The number of carbonyl (C=O) groups excluding carboxylic acids is 2. The van der Waals surface area contributed by atoms with Crippen LogP contribution in [0.25, 0.3) is 0 Å². The van der Waals surface area contributed by atoms with E-state index in [9.17, 15) is 14.7 Å². The molecular weight excluding hydrogens is 510 g/mol. The third-order valence-corrected chi connectivity index (χ3v) is 7.67. The normalized spacial score (nSPS) is 14.9. The lowest BCUT2D eigenvalue weighted by Crippen LogP contribution is -2.47. The molecular formula is C31H55N3O6. The number of nitrogens with one attached hydrogen (secondary N) is 2. The second kappa shape index (κ2) is 17.5. The Morgan fingerprint density at radius 2 is 1.70 bits per heavy atom. The van der Waals surface area contributed by atoms with Gasteiger partial charge in [-0.15, -0.1) is 0 Å². The quantitative estimate of drug-likeness (QED) is 0.189. The number of carbonyl (C=O) groups is 2. The number of ether oxygens (including phenoxy) is 3. The fourth-order valence-electron chi connectivity index (χ4n) is 4.72. The number of methoxy groups -OCH3 is 2. The van der Waals surface area contributed by atoms with Crippen LogP contribution in [0.1, 0.15) is 66.4 Å². The minimum atomic E-state index is -0.832. The van der Waals surface area contributed by atoms with Crippen molar-refractivity contribution in [1.82, 2.24) is 10.6 Å². The maximum atomic E-state index is 13.0. The lowest BCUT2D eigenvalue weighted by atomic mass is 9.80. The van der Waals surface area contributed by atoms with Crippen molar-refractivity contribution in [3.63, 3.8) is 0 Å². The van der Waals surface area contributed by atoms with Gasteiger partial charge in [0.2, 0.25) is 11.8 Å². The Labute approximate surface area is 241 Å². The predicted molar refractivity (Wildman–Crippen MR) is 159 cm³/mol. The summed E-state index contributed by atoms with van der Waals surface area (Å²) in [5, 5.41) is 16.6. The lowest BCUT2D eigenvalue weighted by Gasteiger charge is -2.31. The van der Waals surface area contributed by atoms with Gasteiger partial charge in [0.25, 0.3) is 0 Å². The van der Waals surface area contributed by atoms with Gasteiger partial charge in [-0.2, -0.15) is 0 Å². The van der Waals surface area contributed by atoms with Crippen LogP contribution in [0.15, 0.2) is 18.2 Å². The number of rotatable bonds is 19. The van der Waals surface area contributed by atoms with Crippen molar-refractivity contribution in [2.24, 2.45) is 34.8 Å².